The van der Waals surface area contributed by atoms with E-state index in [4.69, 9.17) is 0 Å². The van der Waals surface area contributed by atoms with Crippen LogP contribution in [0.1, 0.15) is 39.5 Å². The van der Waals surface area contributed by atoms with Crippen LogP contribution in [0.3, 0.4) is 0 Å². The normalized spacial score (nSPS) is 23.8. The van der Waals surface area contributed by atoms with Gasteiger partial charge >= 0.3 is 0 Å². The van der Waals surface area contributed by atoms with Crippen molar-refractivity contribution in [1.82, 2.24) is 8.61 Å². The van der Waals surface area contributed by atoms with E-state index in [1.807, 2.05) is 0 Å². The van der Waals surface area contributed by atoms with Gasteiger partial charge in [0.05, 0.1) is 9.79 Å². The van der Waals surface area contributed by atoms with Gasteiger partial charge in [0.15, 0.2) is 0 Å². The van der Waals surface area contributed by atoms with Crippen LogP contribution in [-0.4, -0.2) is 51.6 Å². The second-order valence-electron chi connectivity index (χ2n) is 9.27. The summed E-state index contributed by atoms with van der Waals surface area (Å²) < 4.78 is 55.0. The first kappa shape index (κ1) is 23.4. The topological polar surface area (TPSA) is 74.8 Å². The van der Waals surface area contributed by atoms with Crippen LogP contribution in [0, 0.1) is 11.8 Å². The van der Waals surface area contributed by atoms with Crippen molar-refractivity contribution in [3.8, 4) is 11.1 Å². The highest BCUT2D eigenvalue weighted by Crippen LogP contribution is 2.28. The molecular formula is C24H32N2O4S2. The third kappa shape index (κ3) is 4.78. The summed E-state index contributed by atoms with van der Waals surface area (Å²) in [4.78, 5) is 0.600. The van der Waals surface area contributed by atoms with Crippen LogP contribution < -0.4 is 0 Å². The van der Waals surface area contributed by atoms with Crippen LogP contribution >= 0.6 is 0 Å². The maximum atomic E-state index is 13.0. The molecule has 2 aromatic carbocycles. The van der Waals surface area contributed by atoms with Gasteiger partial charge in [0.2, 0.25) is 20.0 Å². The standard InChI is InChI=1S/C24H32N2O4S2/c1-19-5-3-15-25(17-19)31(27,28)23-11-7-21(8-12-23)22-9-13-24(14-10-22)32(29,30)26-16-4-6-20(2)18-26/h7-14,19-20H,3-6,15-18H2,1-2H3/t19-,20-/m0/s1. The van der Waals surface area contributed by atoms with E-state index < -0.39 is 20.0 Å². The molecule has 2 atom stereocenters. The Morgan fingerprint density at radius 2 is 0.969 bits per heavy atom. The monoisotopic (exact) mass is 476 g/mol. The van der Waals surface area contributed by atoms with Crippen molar-refractivity contribution in [2.24, 2.45) is 11.8 Å². The maximum Gasteiger partial charge on any atom is 0.243 e. The fourth-order valence-corrected chi connectivity index (χ4v) is 7.86. The molecule has 2 fully saturated rings. The molecule has 0 aliphatic carbocycles. The zero-order valence-electron chi connectivity index (χ0n) is 18.8. The molecule has 0 amide bonds. The number of benzene rings is 2. The predicted octanol–water partition coefficient (Wildman–Crippen LogP) is 4.19. The van der Waals surface area contributed by atoms with Crippen LogP contribution in [-0.2, 0) is 20.0 Å². The Morgan fingerprint density at radius 3 is 1.28 bits per heavy atom. The molecule has 0 unspecified atom stereocenters. The Labute approximate surface area is 192 Å². The van der Waals surface area contributed by atoms with Crippen LogP contribution in [0.4, 0.5) is 0 Å². The molecule has 0 aromatic heterocycles. The molecule has 0 radical (unpaired) electrons. The molecule has 2 aliphatic rings. The van der Waals surface area contributed by atoms with Gasteiger partial charge in [0.1, 0.15) is 0 Å². The van der Waals surface area contributed by atoms with Gasteiger partial charge in [-0.1, -0.05) is 38.1 Å². The van der Waals surface area contributed by atoms with Crippen molar-refractivity contribution in [3.63, 3.8) is 0 Å². The van der Waals surface area contributed by atoms with E-state index in [1.165, 1.54) is 0 Å². The highest BCUT2D eigenvalue weighted by atomic mass is 32.2. The number of hydrogen-bond donors (Lipinski definition) is 0. The van der Waals surface area contributed by atoms with Crippen molar-refractivity contribution in [2.75, 3.05) is 26.2 Å². The predicted molar refractivity (Wildman–Crippen MR) is 126 cm³/mol. The van der Waals surface area contributed by atoms with Crippen molar-refractivity contribution < 1.29 is 16.8 Å². The fraction of sp³-hybridized carbons (Fsp3) is 0.500. The summed E-state index contributed by atoms with van der Waals surface area (Å²) in [6, 6.07) is 13.7. The van der Waals surface area contributed by atoms with Crippen molar-refractivity contribution in [3.05, 3.63) is 48.5 Å². The summed E-state index contributed by atoms with van der Waals surface area (Å²) in [5.41, 5.74) is 1.71. The molecule has 0 bridgehead atoms. The average Bonchev–Trinajstić information content (AvgIpc) is 2.79. The van der Waals surface area contributed by atoms with Gasteiger partial charge in [0.25, 0.3) is 0 Å². The molecule has 2 aliphatic heterocycles. The van der Waals surface area contributed by atoms with Gasteiger partial charge in [-0.25, -0.2) is 16.8 Å². The lowest BCUT2D eigenvalue weighted by Crippen LogP contribution is -2.39. The van der Waals surface area contributed by atoms with E-state index in [9.17, 15) is 16.8 Å². The number of piperidine rings is 2. The third-order valence-electron chi connectivity index (χ3n) is 6.56. The largest absolute Gasteiger partial charge is 0.243 e. The van der Waals surface area contributed by atoms with E-state index in [0.29, 0.717) is 47.8 Å². The second kappa shape index (κ2) is 9.25. The maximum absolute atomic E-state index is 13.0. The molecule has 4 rings (SSSR count). The van der Waals surface area contributed by atoms with Gasteiger partial charge in [-0.15, -0.1) is 0 Å². The molecule has 0 N–H and O–H groups in total. The van der Waals surface area contributed by atoms with Crippen LogP contribution in [0.2, 0.25) is 0 Å². The zero-order valence-corrected chi connectivity index (χ0v) is 20.4. The van der Waals surface area contributed by atoms with Gasteiger partial charge < -0.3 is 0 Å². The van der Waals surface area contributed by atoms with Crippen molar-refractivity contribution in [1.29, 1.82) is 0 Å². The number of sulfonamides is 2. The molecule has 0 saturated carbocycles. The summed E-state index contributed by atoms with van der Waals surface area (Å²) in [6.07, 6.45) is 3.91. The molecule has 0 spiro atoms. The first-order chi connectivity index (χ1) is 15.2. The van der Waals surface area contributed by atoms with E-state index >= 15 is 0 Å². The Kier molecular flexibility index (Phi) is 6.77. The lowest BCUT2D eigenvalue weighted by Gasteiger charge is -2.30. The van der Waals surface area contributed by atoms with E-state index in [1.54, 1.807) is 57.1 Å². The zero-order chi connectivity index (χ0) is 22.9. The minimum atomic E-state index is -3.49. The Hall–Kier alpha value is -1.74. The Balaban J connectivity index is 1.51. The first-order valence-corrected chi connectivity index (χ1v) is 14.3. The van der Waals surface area contributed by atoms with Gasteiger partial charge in [0, 0.05) is 26.2 Å². The summed E-state index contributed by atoms with van der Waals surface area (Å²) in [5.74, 6) is 0.751. The molecule has 2 saturated heterocycles. The fourth-order valence-electron chi connectivity index (χ4n) is 4.67. The average molecular weight is 477 g/mol. The van der Waals surface area contributed by atoms with Crippen LogP contribution in [0.25, 0.3) is 11.1 Å². The van der Waals surface area contributed by atoms with Crippen LogP contribution in [0.5, 0.6) is 0 Å². The molecule has 8 heteroatoms. The summed E-state index contributed by atoms with van der Waals surface area (Å²) in [7, 11) is -6.98. The molecule has 2 aromatic rings. The summed E-state index contributed by atoms with van der Waals surface area (Å²) in [6.45, 7) is 6.44. The van der Waals surface area contributed by atoms with Crippen molar-refractivity contribution in [2.45, 2.75) is 49.3 Å². The molecule has 174 valence electrons. The van der Waals surface area contributed by atoms with Gasteiger partial charge in [-0.3, -0.25) is 0 Å². The number of rotatable bonds is 5. The van der Waals surface area contributed by atoms with E-state index in [0.717, 1.165) is 36.8 Å². The minimum Gasteiger partial charge on any atom is -0.207 e. The smallest absolute Gasteiger partial charge is 0.207 e. The highest BCUT2D eigenvalue weighted by molar-refractivity contribution is 7.89. The van der Waals surface area contributed by atoms with Gasteiger partial charge in [-0.05, 0) is 72.9 Å². The lowest BCUT2D eigenvalue weighted by molar-refractivity contribution is 0.281. The van der Waals surface area contributed by atoms with Crippen LogP contribution in [0.15, 0.2) is 58.3 Å². The van der Waals surface area contributed by atoms with Crippen molar-refractivity contribution >= 4 is 20.0 Å². The number of nitrogens with zero attached hydrogens (tertiary/aromatic N) is 2. The van der Waals surface area contributed by atoms with E-state index in [2.05, 4.69) is 13.8 Å². The number of hydrogen-bond acceptors (Lipinski definition) is 4. The lowest BCUT2D eigenvalue weighted by atomic mass is 10.0. The Morgan fingerprint density at radius 1 is 0.625 bits per heavy atom. The Bertz CT molecular complexity index is 1050. The second-order valence-corrected chi connectivity index (χ2v) is 13.1. The molecular weight excluding hydrogens is 444 g/mol. The molecule has 2 heterocycles. The summed E-state index contributed by atoms with van der Waals surface area (Å²) in [5, 5.41) is 0. The SMILES string of the molecule is C[C@H]1CCCN(S(=O)(=O)c2ccc(-c3ccc(S(=O)(=O)N4CCC[C@H](C)C4)cc3)cc2)C1. The van der Waals surface area contributed by atoms with E-state index in [-0.39, 0.29) is 0 Å². The minimum absolute atomic E-state index is 0.300. The quantitative estimate of drug-likeness (QED) is 0.648. The first-order valence-electron chi connectivity index (χ1n) is 11.4. The highest BCUT2D eigenvalue weighted by Gasteiger charge is 2.29. The summed E-state index contributed by atoms with van der Waals surface area (Å²) >= 11 is 0. The molecule has 32 heavy (non-hydrogen) atoms. The van der Waals surface area contributed by atoms with Gasteiger partial charge in [-0.2, -0.15) is 8.61 Å². The molecule has 6 nitrogen and oxygen atoms in total. The third-order valence-corrected chi connectivity index (χ3v) is 10.3.